The van der Waals surface area contributed by atoms with E-state index in [4.69, 9.17) is 38.0 Å². The van der Waals surface area contributed by atoms with Gasteiger partial charge in [0.2, 0.25) is 5.88 Å². The monoisotopic (exact) mass is 742 g/mol. The van der Waals surface area contributed by atoms with Gasteiger partial charge < -0.3 is 30.7 Å². The summed E-state index contributed by atoms with van der Waals surface area (Å²) in [4.78, 5) is 35.4. The van der Waals surface area contributed by atoms with Crippen molar-refractivity contribution in [2.75, 3.05) is 45.2 Å². The van der Waals surface area contributed by atoms with E-state index >= 15 is 0 Å². The number of nitrogens with zero attached hydrogens (tertiary/aromatic N) is 5. The fraction of sp³-hybridized carbons (Fsp3) is 0.342. The Morgan fingerprint density at radius 1 is 1.04 bits per heavy atom. The minimum Gasteiger partial charge on any atom is -0.481 e. The lowest BCUT2D eigenvalue weighted by molar-refractivity contribution is 0.195. The van der Waals surface area contributed by atoms with Crippen molar-refractivity contribution < 1.29 is 14.6 Å². The van der Waals surface area contributed by atoms with Crippen molar-refractivity contribution in [3.05, 3.63) is 91.9 Å². The first-order valence-corrected chi connectivity index (χ1v) is 18.0. The first kappa shape index (κ1) is 35.6. The maximum atomic E-state index is 12.9. The van der Waals surface area contributed by atoms with Gasteiger partial charge in [0.15, 0.2) is 0 Å². The van der Waals surface area contributed by atoms with Gasteiger partial charge in [0.05, 0.1) is 52.3 Å². The zero-order valence-electron chi connectivity index (χ0n) is 29.2. The highest BCUT2D eigenvalue weighted by Crippen LogP contribution is 2.43. The molecule has 8 rings (SSSR count). The van der Waals surface area contributed by atoms with Crippen LogP contribution >= 0.6 is 23.2 Å². The number of rotatable bonds is 7. The molecule has 0 radical (unpaired) electrons. The highest BCUT2D eigenvalue weighted by atomic mass is 35.5. The van der Waals surface area contributed by atoms with Gasteiger partial charge >= 0.3 is 6.03 Å². The van der Waals surface area contributed by atoms with E-state index in [1.165, 1.54) is 15.8 Å². The molecule has 1 aliphatic carbocycles. The fourth-order valence-electron chi connectivity index (χ4n) is 7.30. The van der Waals surface area contributed by atoms with Crippen LogP contribution in [0.25, 0.3) is 33.2 Å². The largest absolute Gasteiger partial charge is 0.481 e. The number of fused-ring (bicyclic) bond motifs is 2. The number of methoxy groups -OCH3 is 1. The number of nitrogens with one attached hydrogen (secondary N) is 3. The van der Waals surface area contributed by atoms with Gasteiger partial charge in [-0.05, 0) is 62.9 Å². The van der Waals surface area contributed by atoms with Crippen LogP contribution < -0.4 is 26.2 Å². The molecule has 4 N–H and O–H groups in total. The summed E-state index contributed by atoms with van der Waals surface area (Å²) in [5.41, 5.74) is 6.56. The van der Waals surface area contributed by atoms with Gasteiger partial charge in [-0.25, -0.2) is 19.4 Å². The van der Waals surface area contributed by atoms with Gasteiger partial charge in [-0.1, -0.05) is 53.5 Å². The minimum absolute atomic E-state index is 0.0386. The van der Waals surface area contributed by atoms with Crippen molar-refractivity contribution in [1.82, 2.24) is 35.3 Å². The van der Waals surface area contributed by atoms with E-state index in [9.17, 15) is 9.59 Å². The molecule has 0 saturated carbocycles. The van der Waals surface area contributed by atoms with Crippen molar-refractivity contribution in [3.8, 4) is 28.3 Å². The van der Waals surface area contributed by atoms with Crippen LogP contribution in [-0.4, -0.2) is 81.2 Å². The number of benzene rings is 2. The van der Waals surface area contributed by atoms with Crippen molar-refractivity contribution >= 4 is 51.5 Å². The Balaban J connectivity index is 0.000000271. The molecule has 14 heteroatoms. The Morgan fingerprint density at radius 3 is 2.56 bits per heavy atom. The van der Waals surface area contributed by atoms with Gasteiger partial charge in [0, 0.05) is 60.0 Å². The molecule has 3 aliphatic rings. The van der Waals surface area contributed by atoms with E-state index in [2.05, 4.69) is 32.1 Å². The zero-order chi connectivity index (χ0) is 36.6. The molecule has 2 fully saturated rings. The van der Waals surface area contributed by atoms with Crippen molar-refractivity contribution in [3.63, 3.8) is 0 Å². The molecule has 1 atom stereocenters. The second-order valence-electron chi connectivity index (χ2n) is 13.4. The standard InChI is InChI=1S/C30H25Cl2N5O2.C8H15N3O2/c1-16-13-18-15-33-37(2)30(38)25(18)28(34-16)35-23-12-6-10-21(27(23)32)20-9-5-11-22(26(20)31)24-14-17-7-4-8-19(17)29(36-24)39-3;12-4-3-11-6-8(10-7(11)13)1-2-9-5-8/h5-6,9-15H,4,7-8H2,1-3H3,(H,34,35);9,12H,1-6H2,(H,10,13). The Hall–Kier alpha value is -4.75. The van der Waals surface area contributed by atoms with Gasteiger partial charge in [0.1, 0.15) is 5.82 Å². The van der Waals surface area contributed by atoms with Crippen LogP contribution in [0.1, 0.15) is 29.7 Å². The SMILES string of the molecule is COc1nc(-c2cccc(-c3cccc(Nc4nc(C)cc5cnn(C)c(=O)c45)c3Cl)c2Cl)cc2c1CCC2.O=C1NC2(CCNC2)CN1CCO. The quantitative estimate of drug-likeness (QED) is 0.166. The zero-order valence-corrected chi connectivity index (χ0v) is 30.7. The first-order chi connectivity index (χ1) is 25.1. The van der Waals surface area contributed by atoms with Crippen LogP contribution in [0.2, 0.25) is 10.0 Å². The summed E-state index contributed by atoms with van der Waals surface area (Å²) in [5, 5.41) is 24.5. The van der Waals surface area contributed by atoms with E-state index < -0.39 is 0 Å². The Morgan fingerprint density at radius 2 is 1.81 bits per heavy atom. The number of halogens is 2. The first-order valence-electron chi connectivity index (χ1n) is 17.3. The third-order valence-electron chi connectivity index (χ3n) is 9.88. The smallest absolute Gasteiger partial charge is 0.318 e. The van der Waals surface area contributed by atoms with Gasteiger partial charge in [-0.15, -0.1) is 0 Å². The number of aryl methyl sites for hydroxylation is 3. The van der Waals surface area contributed by atoms with E-state index in [1.54, 1.807) is 25.3 Å². The predicted molar refractivity (Wildman–Crippen MR) is 204 cm³/mol. The predicted octanol–water partition coefficient (Wildman–Crippen LogP) is 5.65. The van der Waals surface area contributed by atoms with E-state index in [0.29, 0.717) is 44.7 Å². The molecule has 5 heterocycles. The summed E-state index contributed by atoms with van der Waals surface area (Å²) in [7, 11) is 3.26. The summed E-state index contributed by atoms with van der Waals surface area (Å²) in [6.45, 7) is 4.88. The number of urea groups is 1. The van der Waals surface area contributed by atoms with E-state index in [-0.39, 0.29) is 23.7 Å². The Bertz CT molecular complexity index is 2240. The molecular formula is C38H40Cl2N8O4. The topological polar surface area (TPSA) is 147 Å². The van der Waals surface area contributed by atoms with Crippen molar-refractivity contribution in [2.45, 2.75) is 38.1 Å². The second-order valence-corrected chi connectivity index (χ2v) is 14.2. The average Bonchev–Trinajstić information content (AvgIpc) is 3.87. The Kier molecular flexibility index (Phi) is 10.1. The van der Waals surface area contributed by atoms with Crippen LogP contribution in [0, 0.1) is 6.92 Å². The van der Waals surface area contributed by atoms with Gasteiger partial charge in [-0.2, -0.15) is 5.10 Å². The van der Waals surface area contributed by atoms with Crippen LogP contribution in [0.3, 0.4) is 0 Å². The number of aliphatic hydroxyl groups is 1. The number of β-amino-alcohol motifs (C(OH)–C–C–N with tert-alkyl or cyclic N) is 1. The van der Waals surface area contributed by atoms with Crippen LogP contribution in [0.5, 0.6) is 5.88 Å². The highest BCUT2D eigenvalue weighted by Gasteiger charge is 2.43. The van der Waals surface area contributed by atoms with Crippen LogP contribution in [0.15, 0.2) is 59.5 Å². The summed E-state index contributed by atoms with van der Waals surface area (Å²) in [5.74, 6) is 1.08. The van der Waals surface area contributed by atoms with Gasteiger partial charge in [-0.3, -0.25) is 4.79 Å². The number of hydrogen-bond acceptors (Lipinski definition) is 9. The molecule has 2 saturated heterocycles. The molecule has 2 aromatic carbocycles. The lowest BCUT2D eigenvalue weighted by atomic mass is 9.99. The number of pyridine rings is 2. The summed E-state index contributed by atoms with van der Waals surface area (Å²) >= 11 is 14.0. The number of aliphatic hydroxyl groups excluding tert-OH is 1. The molecule has 2 aliphatic heterocycles. The lowest BCUT2D eigenvalue weighted by Gasteiger charge is -2.20. The summed E-state index contributed by atoms with van der Waals surface area (Å²) in [6.07, 6.45) is 5.71. The maximum Gasteiger partial charge on any atom is 0.318 e. The van der Waals surface area contributed by atoms with E-state index in [0.717, 1.165) is 73.4 Å². The molecule has 1 unspecified atom stereocenters. The van der Waals surface area contributed by atoms with Crippen molar-refractivity contribution in [1.29, 1.82) is 0 Å². The Labute approximate surface area is 311 Å². The number of carbonyl (C=O) groups is 1. The average molecular weight is 744 g/mol. The van der Waals surface area contributed by atoms with Crippen LogP contribution in [0.4, 0.5) is 16.3 Å². The fourth-order valence-corrected chi connectivity index (χ4v) is 7.90. The maximum absolute atomic E-state index is 12.9. The summed E-state index contributed by atoms with van der Waals surface area (Å²) in [6, 6.07) is 15.4. The lowest BCUT2D eigenvalue weighted by Crippen LogP contribution is -2.45. The second kappa shape index (κ2) is 14.7. The third kappa shape index (κ3) is 6.79. The van der Waals surface area contributed by atoms with E-state index in [1.807, 2.05) is 49.4 Å². The number of carbonyl (C=O) groups excluding carboxylic acids is 1. The number of aromatic nitrogens is 4. The molecule has 270 valence electrons. The molecule has 0 bridgehead atoms. The number of amides is 2. The molecule has 5 aromatic rings. The minimum atomic E-state index is -0.247. The number of ether oxygens (including phenoxy) is 1. The molecule has 52 heavy (non-hydrogen) atoms. The number of hydrogen-bond donors (Lipinski definition) is 4. The van der Waals surface area contributed by atoms with Crippen molar-refractivity contribution in [2.24, 2.45) is 7.05 Å². The van der Waals surface area contributed by atoms with Crippen LogP contribution in [-0.2, 0) is 19.9 Å². The number of anilines is 2. The normalized spacial score (nSPS) is 17.7. The third-order valence-corrected chi connectivity index (χ3v) is 10.7. The highest BCUT2D eigenvalue weighted by molar-refractivity contribution is 6.39. The molecular weight excluding hydrogens is 703 g/mol. The molecule has 2 amide bonds. The molecule has 1 spiro atoms. The molecule has 12 nitrogen and oxygen atoms in total. The van der Waals surface area contributed by atoms with Gasteiger partial charge in [0.25, 0.3) is 5.56 Å². The summed E-state index contributed by atoms with van der Waals surface area (Å²) < 4.78 is 6.89. The molecule has 3 aromatic heterocycles.